The zero-order valence-corrected chi connectivity index (χ0v) is 6.17. The predicted molar refractivity (Wildman–Crippen MR) is 32.8 cm³/mol. The fourth-order valence-electron chi connectivity index (χ4n) is 0.458. The van der Waals surface area contributed by atoms with Crippen molar-refractivity contribution < 1.29 is 0 Å². The van der Waals surface area contributed by atoms with Gasteiger partial charge in [0.25, 0.3) is 0 Å². The Bertz CT molecular complexity index is 258. The van der Waals surface area contributed by atoms with Gasteiger partial charge in [-0.15, -0.1) is 0 Å². The van der Waals surface area contributed by atoms with Gasteiger partial charge in [0.15, 0.2) is 0 Å². The van der Waals surface area contributed by atoms with Crippen LogP contribution in [0.5, 0.6) is 0 Å². The third kappa shape index (κ3) is 1.21. The topological polar surface area (TPSA) is 47.6 Å². The molecule has 0 saturated carbocycles. The molecule has 2 nitrogen and oxygen atoms in total. The van der Waals surface area contributed by atoms with Crippen LogP contribution in [0.15, 0.2) is 12.1 Å². The van der Waals surface area contributed by atoms with E-state index in [4.69, 9.17) is 10.5 Å². The summed E-state index contributed by atoms with van der Waals surface area (Å²) < 4.78 is 1.47. The van der Waals surface area contributed by atoms with Crippen molar-refractivity contribution >= 4 is 14.5 Å². The van der Waals surface area contributed by atoms with Crippen LogP contribution in [-0.4, -0.2) is 14.5 Å². The van der Waals surface area contributed by atoms with Crippen LogP contribution in [0.2, 0.25) is 0 Å². The van der Waals surface area contributed by atoms with Gasteiger partial charge in [0.1, 0.15) is 0 Å². The average Bonchev–Trinajstić information content (AvgIpc) is 2.34. The Morgan fingerprint density at radius 1 is 1.11 bits per heavy atom. The summed E-state index contributed by atoms with van der Waals surface area (Å²) in [5, 5.41) is 16.7. The molecular formula is C6H2N2Se. The summed E-state index contributed by atoms with van der Waals surface area (Å²) in [6, 6.07) is 7.44. The molecule has 0 aliphatic heterocycles. The van der Waals surface area contributed by atoms with Crippen LogP contribution in [0.1, 0.15) is 8.87 Å². The first-order valence-corrected chi connectivity index (χ1v) is 3.98. The molecule has 0 aromatic carbocycles. The number of hydrogen-bond donors (Lipinski definition) is 0. The molecule has 3 heteroatoms. The second kappa shape index (κ2) is 2.51. The van der Waals surface area contributed by atoms with Crippen LogP contribution < -0.4 is 0 Å². The van der Waals surface area contributed by atoms with Crippen molar-refractivity contribution in [1.82, 2.24) is 0 Å². The van der Waals surface area contributed by atoms with Crippen molar-refractivity contribution in [2.45, 2.75) is 0 Å². The number of hydrogen-bond acceptors (Lipinski definition) is 2. The van der Waals surface area contributed by atoms with Crippen LogP contribution in [0.4, 0.5) is 0 Å². The van der Waals surface area contributed by atoms with Gasteiger partial charge in [-0.2, -0.15) is 0 Å². The van der Waals surface area contributed by atoms with Gasteiger partial charge < -0.3 is 0 Å². The molecule has 1 aromatic rings. The van der Waals surface area contributed by atoms with E-state index in [2.05, 4.69) is 0 Å². The second-order valence-corrected chi connectivity index (χ2v) is 3.66. The maximum atomic E-state index is 8.33. The van der Waals surface area contributed by atoms with E-state index in [9.17, 15) is 0 Å². The molecule has 0 N–H and O–H groups in total. The fraction of sp³-hybridized carbons (Fsp3) is 0. The third-order valence-corrected chi connectivity index (χ3v) is 2.70. The van der Waals surface area contributed by atoms with E-state index >= 15 is 0 Å². The molecule has 0 fully saturated rings. The van der Waals surface area contributed by atoms with Gasteiger partial charge in [0.05, 0.1) is 0 Å². The monoisotopic (exact) mass is 182 g/mol. The van der Waals surface area contributed by atoms with E-state index in [1.807, 2.05) is 12.1 Å². The Morgan fingerprint density at radius 2 is 1.56 bits per heavy atom. The normalized spacial score (nSPS) is 7.78. The minimum atomic E-state index is 0.00347. The Labute approximate surface area is 58.7 Å². The predicted octanol–water partition coefficient (Wildman–Crippen LogP) is 0.487. The molecular weight excluding hydrogens is 179 g/mol. The molecule has 42 valence electrons. The Kier molecular flexibility index (Phi) is 1.70. The maximum absolute atomic E-state index is 8.33. The van der Waals surface area contributed by atoms with Gasteiger partial charge in [-0.3, -0.25) is 0 Å². The quantitative estimate of drug-likeness (QED) is 0.546. The Morgan fingerprint density at radius 3 is 1.78 bits per heavy atom. The molecule has 1 aromatic heterocycles. The number of nitriles is 2. The summed E-state index contributed by atoms with van der Waals surface area (Å²) in [5.74, 6) is 0. The van der Waals surface area contributed by atoms with Crippen molar-refractivity contribution in [3.05, 3.63) is 21.0 Å². The third-order valence-electron chi connectivity index (χ3n) is 0.826. The zero-order chi connectivity index (χ0) is 6.69. The summed E-state index contributed by atoms with van der Waals surface area (Å²) in [5.41, 5.74) is 0. The second-order valence-electron chi connectivity index (χ2n) is 1.39. The summed E-state index contributed by atoms with van der Waals surface area (Å²) in [6.07, 6.45) is 0. The van der Waals surface area contributed by atoms with Crippen LogP contribution in [0.3, 0.4) is 0 Å². The van der Waals surface area contributed by atoms with Crippen LogP contribution in [-0.2, 0) is 0 Å². The molecule has 0 atom stereocenters. The molecule has 0 amide bonds. The molecule has 0 spiro atoms. The SMILES string of the molecule is N#Cc1ccc(C#N)[se]1. The van der Waals surface area contributed by atoms with E-state index in [1.165, 1.54) is 0 Å². The molecule has 1 rings (SSSR count). The molecule has 0 aliphatic carbocycles. The first-order valence-electron chi connectivity index (χ1n) is 2.27. The van der Waals surface area contributed by atoms with Crippen molar-refractivity contribution in [1.29, 1.82) is 10.5 Å². The molecule has 0 saturated heterocycles. The van der Waals surface area contributed by atoms with Crippen molar-refractivity contribution in [2.75, 3.05) is 0 Å². The molecule has 9 heavy (non-hydrogen) atoms. The van der Waals surface area contributed by atoms with E-state index in [0.29, 0.717) is 0 Å². The van der Waals surface area contributed by atoms with Crippen LogP contribution in [0.25, 0.3) is 0 Å². The van der Waals surface area contributed by atoms with Gasteiger partial charge in [0, 0.05) is 0 Å². The van der Waals surface area contributed by atoms with Gasteiger partial charge in [-0.1, -0.05) is 0 Å². The fourth-order valence-corrected chi connectivity index (χ4v) is 1.72. The van der Waals surface area contributed by atoms with Gasteiger partial charge in [0.2, 0.25) is 0 Å². The number of nitrogens with zero attached hydrogens (tertiary/aromatic N) is 2. The first-order chi connectivity index (χ1) is 4.36. The van der Waals surface area contributed by atoms with Crippen molar-refractivity contribution in [3.63, 3.8) is 0 Å². The van der Waals surface area contributed by atoms with E-state index in [1.54, 1.807) is 12.1 Å². The van der Waals surface area contributed by atoms with Gasteiger partial charge >= 0.3 is 58.2 Å². The first kappa shape index (κ1) is 6.10. The molecule has 0 bridgehead atoms. The van der Waals surface area contributed by atoms with Crippen molar-refractivity contribution in [3.8, 4) is 12.1 Å². The van der Waals surface area contributed by atoms with E-state index in [0.717, 1.165) is 8.87 Å². The van der Waals surface area contributed by atoms with Crippen molar-refractivity contribution in [2.24, 2.45) is 0 Å². The Balaban J connectivity index is 3.08. The standard InChI is InChI=1S/C6H2N2Se/c7-3-5-1-2-6(4-8)9-5/h1-2H. The van der Waals surface area contributed by atoms with Crippen LogP contribution in [0, 0.1) is 22.7 Å². The minimum absolute atomic E-state index is 0.00347. The summed E-state index contributed by atoms with van der Waals surface area (Å²) in [4.78, 5) is 0. The average molecular weight is 181 g/mol. The van der Waals surface area contributed by atoms with E-state index < -0.39 is 0 Å². The molecule has 0 radical (unpaired) electrons. The van der Waals surface area contributed by atoms with Gasteiger partial charge in [-0.25, -0.2) is 0 Å². The Hall–Kier alpha value is -1.02. The molecule has 0 aliphatic rings. The summed E-state index contributed by atoms with van der Waals surface area (Å²) in [6.45, 7) is 0. The summed E-state index contributed by atoms with van der Waals surface area (Å²) >= 11 is 0.00347. The zero-order valence-electron chi connectivity index (χ0n) is 4.46. The van der Waals surface area contributed by atoms with Gasteiger partial charge in [-0.05, 0) is 0 Å². The molecule has 1 heterocycles. The van der Waals surface area contributed by atoms with Crippen LogP contribution >= 0.6 is 0 Å². The van der Waals surface area contributed by atoms with E-state index in [-0.39, 0.29) is 14.5 Å². The summed E-state index contributed by atoms with van der Waals surface area (Å²) in [7, 11) is 0. The molecule has 0 unspecified atom stereocenters. The number of rotatable bonds is 0.